The summed E-state index contributed by atoms with van der Waals surface area (Å²) in [5.41, 5.74) is 12.6. The van der Waals surface area contributed by atoms with Gasteiger partial charge in [-0.15, -0.1) is 0 Å². The van der Waals surface area contributed by atoms with Gasteiger partial charge in [0.05, 0.1) is 22.5 Å². The Kier molecular flexibility index (Phi) is 17.3. The standard InChI is InChI=1S/2C26H25B2N2O4.2BrH/c2*31-27(32)22-8-1-5-19(15-22)17-29-13-4-10-24-25(29)12-11-21-7-3-14-30(26(21)24)18-20-6-2-9-23(16-20)28(33)34;;/h2*1-12,14-16,31-34H,13,17-18H2;2*1H/q2*+1;;/p-2. The van der Waals surface area contributed by atoms with Crippen LogP contribution in [0.25, 0.3) is 34.0 Å². The molecule has 2 aliphatic rings. The fraction of sp³-hybridized carbons (Fsp3) is 0.115. The summed E-state index contributed by atoms with van der Waals surface area (Å²) in [6.07, 6.45) is 12.7. The third-order valence-corrected chi connectivity index (χ3v) is 12.5. The zero-order valence-corrected chi connectivity index (χ0v) is 41.2. The number of pyridine rings is 2. The van der Waals surface area contributed by atoms with Crippen molar-refractivity contribution in [3.63, 3.8) is 0 Å². The second-order valence-corrected chi connectivity index (χ2v) is 17.2. The van der Waals surface area contributed by atoms with Crippen molar-refractivity contribution in [3.8, 4) is 0 Å². The molecule has 0 bridgehead atoms. The Morgan fingerprint density at radius 2 is 0.743 bits per heavy atom. The molecule has 8 N–H and O–H groups in total. The van der Waals surface area contributed by atoms with E-state index < -0.39 is 28.5 Å². The summed E-state index contributed by atoms with van der Waals surface area (Å²) >= 11 is 0. The molecule has 10 rings (SSSR count). The van der Waals surface area contributed by atoms with E-state index in [1.165, 1.54) is 0 Å². The molecular weight excluding hydrogens is 1010 g/mol. The van der Waals surface area contributed by atoms with E-state index >= 15 is 0 Å². The van der Waals surface area contributed by atoms with Crippen molar-refractivity contribution in [3.05, 3.63) is 204 Å². The molecule has 2 aromatic heterocycles. The molecule has 0 radical (unpaired) electrons. The molecule has 0 saturated carbocycles. The summed E-state index contributed by atoms with van der Waals surface area (Å²) in [7, 11) is -5.96. The number of anilines is 2. The monoisotopic (exact) mass is 1060 g/mol. The second-order valence-electron chi connectivity index (χ2n) is 17.2. The van der Waals surface area contributed by atoms with Gasteiger partial charge in [-0.05, 0) is 81.5 Å². The van der Waals surface area contributed by atoms with Crippen LogP contribution in [0.15, 0.2) is 170 Å². The van der Waals surface area contributed by atoms with Gasteiger partial charge in [0.1, 0.15) is 0 Å². The number of halogens is 2. The first-order chi connectivity index (χ1) is 33.0. The summed E-state index contributed by atoms with van der Waals surface area (Å²) in [4.78, 5) is 4.55. The summed E-state index contributed by atoms with van der Waals surface area (Å²) in [6, 6.07) is 46.2. The molecule has 2 aliphatic heterocycles. The lowest BCUT2D eigenvalue weighted by atomic mass is 9.79. The van der Waals surface area contributed by atoms with Gasteiger partial charge in [-0.25, -0.2) is 0 Å². The van der Waals surface area contributed by atoms with Crippen LogP contribution in [0.5, 0.6) is 0 Å². The van der Waals surface area contributed by atoms with Crippen molar-refractivity contribution in [2.45, 2.75) is 26.2 Å². The van der Waals surface area contributed by atoms with Gasteiger partial charge >= 0.3 is 28.5 Å². The van der Waals surface area contributed by atoms with Crippen molar-refractivity contribution in [2.75, 3.05) is 22.9 Å². The number of hydrogen-bond donors (Lipinski definition) is 8. The van der Waals surface area contributed by atoms with Crippen molar-refractivity contribution in [1.82, 2.24) is 0 Å². The molecule has 0 unspecified atom stereocenters. The van der Waals surface area contributed by atoms with Gasteiger partial charge in [0.2, 0.25) is 11.0 Å². The molecule has 70 heavy (non-hydrogen) atoms. The number of aromatic nitrogens is 2. The SMILES string of the molecule is OB(O)c1cccc(CN2CC=Cc3c2ccc2ccc[n+](Cc4cccc(B(O)O)c4)c32)c1.OB(O)c1cccc(CN2CC=Cc3c2ccc2ccc[n+](Cc4cccc(B(O)O)c4)c32)c1.[Br-].[Br-]. The molecule has 0 aliphatic carbocycles. The van der Waals surface area contributed by atoms with Crippen molar-refractivity contribution < 1.29 is 83.3 Å². The van der Waals surface area contributed by atoms with Crippen LogP contribution in [0, 0.1) is 0 Å². The van der Waals surface area contributed by atoms with Crippen LogP contribution < -0.4 is 74.7 Å². The Balaban J connectivity index is 0.000000201. The third-order valence-electron chi connectivity index (χ3n) is 12.5. The molecule has 0 atom stereocenters. The van der Waals surface area contributed by atoms with E-state index in [0.717, 1.165) is 79.7 Å². The van der Waals surface area contributed by atoms with Crippen LogP contribution in [0.2, 0.25) is 0 Å². The zero-order valence-electron chi connectivity index (χ0n) is 38.0. The molecule has 4 heterocycles. The summed E-state index contributed by atoms with van der Waals surface area (Å²) in [6.45, 7) is 4.00. The normalized spacial score (nSPS) is 12.3. The first-order valence-corrected chi connectivity index (χ1v) is 22.5. The number of rotatable bonds is 12. The van der Waals surface area contributed by atoms with Gasteiger partial charge in [-0.1, -0.05) is 109 Å². The Labute approximate surface area is 429 Å². The summed E-state index contributed by atoms with van der Waals surface area (Å²) in [5.74, 6) is 0. The number of hydrogen-bond acceptors (Lipinski definition) is 10. The summed E-state index contributed by atoms with van der Waals surface area (Å²) in [5, 5.41) is 78.6. The molecule has 0 spiro atoms. The van der Waals surface area contributed by atoms with Crippen LogP contribution in [0.1, 0.15) is 33.4 Å². The smallest absolute Gasteiger partial charge is 0.488 e. The largest absolute Gasteiger partial charge is 1.00 e. The molecule has 6 aromatic carbocycles. The van der Waals surface area contributed by atoms with Crippen LogP contribution in [0.4, 0.5) is 11.4 Å². The molecule has 0 saturated heterocycles. The Bertz CT molecular complexity index is 2970. The molecule has 0 fully saturated rings. The quantitative estimate of drug-likeness (QED) is 0.0438. The molecule has 12 nitrogen and oxygen atoms in total. The maximum absolute atomic E-state index is 9.55. The van der Waals surface area contributed by atoms with E-state index in [4.69, 9.17) is 0 Å². The number of fused-ring (bicyclic) bond motifs is 6. The van der Waals surface area contributed by atoms with E-state index in [-0.39, 0.29) is 34.0 Å². The highest BCUT2D eigenvalue weighted by Gasteiger charge is 2.25. The Morgan fingerprint density at radius 1 is 0.400 bits per heavy atom. The Hall–Kier alpha value is -5.88. The first kappa shape index (κ1) is 52.0. The highest BCUT2D eigenvalue weighted by Crippen LogP contribution is 2.34. The van der Waals surface area contributed by atoms with E-state index in [9.17, 15) is 40.2 Å². The van der Waals surface area contributed by atoms with Crippen LogP contribution in [0.3, 0.4) is 0 Å². The Morgan fingerprint density at radius 3 is 1.10 bits per heavy atom. The third kappa shape index (κ3) is 11.8. The first-order valence-electron chi connectivity index (χ1n) is 22.5. The minimum Gasteiger partial charge on any atom is -1.00 e. The van der Waals surface area contributed by atoms with Gasteiger partial charge in [0.25, 0.3) is 0 Å². The molecule has 352 valence electrons. The number of benzene rings is 6. The minimum atomic E-state index is -1.49. The van der Waals surface area contributed by atoms with Crippen LogP contribution in [-0.2, 0) is 26.2 Å². The van der Waals surface area contributed by atoms with Crippen molar-refractivity contribution in [1.29, 1.82) is 0 Å². The van der Waals surface area contributed by atoms with E-state index in [1.807, 2.05) is 97.3 Å². The highest BCUT2D eigenvalue weighted by atomic mass is 79.9. The second kappa shape index (κ2) is 23.4. The number of nitrogens with zero attached hydrogens (tertiary/aromatic N) is 4. The van der Waals surface area contributed by atoms with Crippen LogP contribution >= 0.6 is 0 Å². The van der Waals surface area contributed by atoms with Gasteiger partial charge < -0.3 is 84.0 Å². The fourth-order valence-electron chi connectivity index (χ4n) is 9.27. The average molecular weight is 1060 g/mol. The van der Waals surface area contributed by atoms with Crippen LogP contribution in [-0.4, -0.2) is 81.8 Å². The van der Waals surface area contributed by atoms with Gasteiger partial charge in [0.15, 0.2) is 25.5 Å². The molecular formula is C52H50B4Br2N4O8. The maximum Gasteiger partial charge on any atom is 0.488 e. The maximum atomic E-state index is 9.55. The van der Waals surface area contributed by atoms with E-state index in [0.29, 0.717) is 48.0 Å². The lowest BCUT2D eigenvalue weighted by molar-refractivity contribution is -0.662. The van der Waals surface area contributed by atoms with Crippen molar-refractivity contribution >= 4 is 95.7 Å². The van der Waals surface area contributed by atoms with E-state index in [1.54, 1.807) is 24.3 Å². The lowest BCUT2D eigenvalue weighted by Gasteiger charge is -2.28. The summed E-state index contributed by atoms with van der Waals surface area (Å²) < 4.78 is 4.38. The average Bonchev–Trinajstić information content (AvgIpc) is 3.34. The lowest BCUT2D eigenvalue weighted by Crippen LogP contribution is -3.00. The molecule has 8 aromatic rings. The van der Waals surface area contributed by atoms with Crippen molar-refractivity contribution in [2.24, 2.45) is 0 Å². The van der Waals surface area contributed by atoms with E-state index in [2.05, 4.69) is 79.6 Å². The fourth-order valence-corrected chi connectivity index (χ4v) is 9.27. The topological polar surface area (TPSA) is 176 Å². The molecule has 18 heteroatoms. The predicted octanol–water partition coefficient (Wildman–Crippen LogP) is -4.85. The van der Waals surface area contributed by atoms with Gasteiger partial charge in [0, 0.05) is 60.2 Å². The highest BCUT2D eigenvalue weighted by molar-refractivity contribution is 6.59. The van der Waals surface area contributed by atoms with Gasteiger partial charge in [-0.3, -0.25) is 0 Å². The molecule has 0 amide bonds. The zero-order chi connectivity index (χ0) is 47.3. The minimum absolute atomic E-state index is 0. The van der Waals surface area contributed by atoms with Gasteiger partial charge in [-0.2, -0.15) is 9.13 Å². The predicted molar refractivity (Wildman–Crippen MR) is 272 cm³/mol.